The molecule has 0 saturated heterocycles. The molecule has 1 atom stereocenters. The Morgan fingerprint density at radius 1 is 1.11 bits per heavy atom. The predicted molar refractivity (Wildman–Crippen MR) is 82.1 cm³/mol. The second-order valence-electron chi connectivity index (χ2n) is 5.87. The molecule has 2 fully saturated rings. The van der Waals surface area contributed by atoms with Crippen molar-refractivity contribution >= 4 is 21.8 Å². The molecule has 6 heteroatoms. The first kappa shape index (κ1) is 15.6. The summed E-state index contributed by atoms with van der Waals surface area (Å²) in [6, 6.07) is 0.714. The Hall–Kier alpha value is 0.220. The summed E-state index contributed by atoms with van der Waals surface area (Å²) < 4.78 is 27.4. The highest BCUT2D eigenvalue weighted by Crippen LogP contribution is 2.27. The fourth-order valence-corrected chi connectivity index (χ4v) is 4.49. The molecule has 0 amide bonds. The van der Waals surface area contributed by atoms with Crippen molar-refractivity contribution in [3.8, 4) is 0 Å². The molecule has 0 aromatic carbocycles. The van der Waals surface area contributed by atoms with Gasteiger partial charge in [0.15, 0.2) is 0 Å². The second-order valence-corrected chi connectivity index (χ2v) is 9.13. The van der Waals surface area contributed by atoms with E-state index in [0.717, 1.165) is 30.9 Å². The molecule has 0 bridgehead atoms. The molecule has 1 unspecified atom stereocenters. The molecule has 2 N–H and O–H groups in total. The lowest BCUT2D eigenvalue weighted by Crippen LogP contribution is -2.45. The zero-order valence-electron chi connectivity index (χ0n) is 11.9. The van der Waals surface area contributed by atoms with Crippen molar-refractivity contribution in [3.05, 3.63) is 0 Å². The summed E-state index contributed by atoms with van der Waals surface area (Å²) in [5.74, 6) is 0. The minimum atomic E-state index is -3.17. The lowest BCUT2D eigenvalue weighted by molar-refractivity contribution is 0.417. The van der Waals surface area contributed by atoms with Crippen molar-refractivity contribution in [1.82, 2.24) is 10.0 Å². The van der Waals surface area contributed by atoms with Gasteiger partial charge in [-0.15, -0.1) is 0 Å². The standard InChI is InChI=1S/C13H26N2O2S2/c1-10(9-14-11-3-4-11)19(16,17)15-12-5-7-13(18-2)8-6-12/h10-15H,3-9H2,1-2H3. The van der Waals surface area contributed by atoms with E-state index >= 15 is 0 Å². The largest absolute Gasteiger partial charge is 0.313 e. The van der Waals surface area contributed by atoms with Crippen molar-refractivity contribution in [2.45, 2.75) is 68.0 Å². The van der Waals surface area contributed by atoms with Gasteiger partial charge in [-0.05, 0) is 51.7 Å². The van der Waals surface area contributed by atoms with Gasteiger partial charge in [0, 0.05) is 23.9 Å². The summed E-state index contributed by atoms with van der Waals surface area (Å²) in [5, 5.41) is 3.67. The lowest BCUT2D eigenvalue weighted by atomic mass is 9.96. The Morgan fingerprint density at radius 2 is 1.68 bits per heavy atom. The maximum atomic E-state index is 12.2. The molecule has 2 saturated carbocycles. The molecular weight excluding hydrogens is 280 g/mol. The van der Waals surface area contributed by atoms with Gasteiger partial charge in [-0.3, -0.25) is 0 Å². The number of hydrogen-bond donors (Lipinski definition) is 2. The molecule has 0 aliphatic heterocycles. The number of nitrogens with one attached hydrogen (secondary N) is 2. The van der Waals surface area contributed by atoms with Gasteiger partial charge in [0.1, 0.15) is 0 Å². The first-order chi connectivity index (χ1) is 9.01. The van der Waals surface area contributed by atoms with Crippen LogP contribution in [-0.4, -0.2) is 43.8 Å². The molecule has 112 valence electrons. The van der Waals surface area contributed by atoms with E-state index in [1.165, 1.54) is 12.8 Å². The summed E-state index contributed by atoms with van der Waals surface area (Å²) in [7, 11) is -3.17. The smallest absolute Gasteiger partial charge is 0.215 e. The third-order valence-corrected chi connectivity index (χ3v) is 7.17. The molecule has 4 nitrogen and oxygen atoms in total. The predicted octanol–water partition coefficient (Wildman–Crippen LogP) is 1.72. The van der Waals surface area contributed by atoms with E-state index < -0.39 is 10.0 Å². The Labute approximate surface area is 121 Å². The third kappa shape index (κ3) is 4.92. The molecule has 19 heavy (non-hydrogen) atoms. The molecule has 0 aromatic rings. The Balaban J connectivity index is 1.76. The highest BCUT2D eigenvalue weighted by molar-refractivity contribution is 7.99. The van der Waals surface area contributed by atoms with Crippen LogP contribution in [0.15, 0.2) is 0 Å². The molecule has 0 aromatic heterocycles. The van der Waals surface area contributed by atoms with E-state index in [-0.39, 0.29) is 11.3 Å². The SMILES string of the molecule is CSC1CCC(NS(=O)(=O)C(C)CNC2CC2)CC1. The second kappa shape index (κ2) is 6.78. The maximum absolute atomic E-state index is 12.2. The molecule has 0 spiro atoms. The summed E-state index contributed by atoms with van der Waals surface area (Å²) in [6.45, 7) is 2.37. The van der Waals surface area contributed by atoms with Crippen molar-refractivity contribution in [2.75, 3.05) is 12.8 Å². The van der Waals surface area contributed by atoms with Gasteiger partial charge in [0.05, 0.1) is 5.25 Å². The van der Waals surface area contributed by atoms with E-state index in [0.29, 0.717) is 12.6 Å². The van der Waals surface area contributed by atoms with Crippen LogP contribution < -0.4 is 10.0 Å². The van der Waals surface area contributed by atoms with Crippen LogP contribution in [0.5, 0.6) is 0 Å². The van der Waals surface area contributed by atoms with E-state index in [4.69, 9.17) is 0 Å². The van der Waals surface area contributed by atoms with E-state index in [1.807, 2.05) is 11.8 Å². The lowest BCUT2D eigenvalue weighted by Gasteiger charge is -2.29. The summed E-state index contributed by atoms with van der Waals surface area (Å²) >= 11 is 1.90. The van der Waals surface area contributed by atoms with Gasteiger partial charge < -0.3 is 5.32 Å². The van der Waals surface area contributed by atoms with Crippen LogP contribution in [0.2, 0.25) is 0 Å². The molecule has 0 heterocycles. The first-order valence-electron chi connectivity index (χ1n) is 7.28. The van der Waals surface area contributed by atoms with Gasteiger partial charge in [0.25, 0.3) is 0 Å². The highest BCUT2D eigenvalue weighted by Gasteiger charge is 2.29. The normalized spacial score (nSPS) is 30.2. The zero-order valence-corrected chi connectivity index (χ0v) is 13.5. The Kier molecular flexibility index (Phi) is 5.57. The topological polar surface area (TPSA) is 58.2 Å². The fraction of sp³-hybridized carbons (Fsp3) is 1.00. The van der Waals surface area contributed by atoms with Gasteiger partial charge in [-0.25, -0.2) is 13.1 Å². The van der Waals surface area contributed by atoms with Crippen LogP contribution in [0.1, 0.15) is 45.4 Å². The van der Waals surface area contributed by atoms with Crippen molar-refractivity contribution in [1.29, 1.82) is 0 Å². The highest BCUT2D eigenvalue weighted by atomic mass is 32.2. The van der Waals surface area contributed by atoms with Crippen LogP contribution in [0.3, 0.4) is 0 Å². The summed E-state index contributed by atoms with van der Waals surface area (Å²) in [5.41, 5.74) is 0. The van der Waals surface area contributed by atoms with Crippen LogP contribution in [0.25, 0.3) is 0 Å². The molecule has 2 rings (SSSR count). The first-order valence-corrected chi connectivity index (χ1v) is 10.1. The van der Waals surface area contributed by atoms with Gasteiger partial charge in [0.2, 0.25) is 10.0 Å². The van der Waals surface area contributed by atoms with Crippen LogP contribution >= 0.6 is 11.8 Å². The summed E-state index contributed by atoms with van der Waals surface area (Å²) in [4.78, 5) is 0. The van der Waals surface area contributed by atoms with Crippen molar-refractivity contribution in [3.63, 3.8) is 0 Å². The molecular formula is C13H26N2O2S2. The Bertz CT molecular complexity index is 374. The van der Waals surface area contributed by atoms with Crippen molar-refractivity contribution in [2.24, 2.45) is 0 Å². The number of rotatable bonds is 7. The van der Waals surface area contributed by atoms with E-state index in [1.54, 1.807) is 6.92 Å². The quantitative estimate of drug-likeness (QED) is 0.752. The Morgan fingerprint density at radius 3 is 2.21 bits per heavy atom. The fourth-order valence-electron chi connectivity index (χ4n) is 2.49. The molecule has 2 aliphatic carbocycles. The van der Waals surface area contributed by atoms with Gasteiger partial charge >= 0.3 is 0 Å². The van der Waals surface area contributed by atoms with E-state index in [9.17, 15) is 8.42 Å². The van der Waals surface area contributed by atoms with Crippen molar-refractivity contribution < 1.29 is 8.42 Å². The minimum Gasteiger partial charge on any atom is -0.313 e. The average Bonchev–Trinajstić information content (AvgIpc) is 3.20. The van der Waals surface area contributed by atoms with Gasteiger partial charge in [-0.2, -0.15) is 11.8 Å². The maximum Gasteiger partial charge on any atom is 0.215 e. The molecule has 2 aliphatic rings. The van der Waals surface area contributed by atoms with E-state index in [2.05, 4.69) is 16.3 Å². The van der Waals surface area contributed by atoms with Crippen LogP contribution in [0.4, 0.5) is 0 Å². The number of hydrogen-bond acceptors (Lipinski definition) is 4. The monoisotopic (exact) mass is 306 g/mol. The minimum absolute atomic E-state index is 0.150. The zero-order chi connectivity index (χ0) is 13.9. The van der Waals surface area contributed by atoms with Gasteiger partial charge in [-0.1, -0.05) is 0 Å². The van der Waals surface area contributed by atoms with Crippen LogP contribution in [-0.2, 0) is 10.0 Å². The summed E-state index contributed by atoms with van der Waals surface area (Å²) in [6.07, 6.45) is 8.74. The van der Waals surface area contributed by atoms with Crippen LogP contribution in [0, 0.1) is 0 Å². The number of sulfonamides is 1. The molecule has 0 radical (unpaired) electrons. The number of thioether (sulfide) groups is 1. The third-order valence-electron chi connectivity index (χ3n) is 4.14. The average molecular weight is 306 g/mol.